The Morgan fingerprint density at radius 3 is 2.71 bits per heavy atom. The fraction of sp³-hybridized carbons (Fsp3) is 0.333. The van der Waals surface area contributed by atoms with Crippen LogP contribution >= 0.6 is 0 Å². The highest BCUT2D eigenvalue weighted by molar-refractivity contribution is 5.99. The number of ether oxygens (including phenoxy) is 2. The number of anilines is 1. The Labute approximate surface area is 139 Å². The summed E-state index contributed by atoms with van der Waals surface area (Å²) in [5, 5.41) is 3.97. The summed E-state index contributed by atoms with van der Waals surface area (Å²) in [5.74, 6) is -0.230. The number of nitrogens with one attached hydrogen (secondary N) is 1. The summed E-state index contributed by atoms with van der Waals surface area (Å²) in [6, 6.07) is 5.59. The summed E-state index contributed by atoms with van der Waals surface area (Å²) in [7, 11) is 2.50. The Bertz CT molecular complexity index is 818. The standard InChI is InChI=1S/C18H19NO5/c1-22-17(20)10-14(18(21)23-2)19-11-7-8-16-13(9-11)12-5-3-4-6-15(12)24-16/h7-10,19H,3-6H2,1-2H3/b14-10+. The van der Waals surface area contributed by atoms with E-state index in [0.29, 0.717) is 5.69 Å². The second-order valence-electron chi connectivity index (χ2n) is 5.62. The van der Waals surface area contributed by atoms with Crippen molar-refractivity contribution in [1.29, 1.82) is 0 Å². The van der Waals surface area contributed by atoms with Gasteiger partial charge in [0.15, 0.2) is 0 Å². The molecule has 1 aliphatic carbocycles. The van der Waals surface area contributed by atoms with E-state index in [9.17, 15) is 9.59 Å². The summed E-state index contributed by atoms with van der Waals surface area (Å²) in [6.45, 7) is 0. The van der Waals surface area contributed by atoms with Gasteiger partial charge in [0.2, 0.25) is 0 Å². The summed E-state index contributed by atoms with van der Waals surface area (Å²) in [4.78, 5) is 23.3. The van der Waals surface area contributed by atoms with Crippen molar-refractivity contribution in [3.05, 3.63) is 41.3 Å². The van der Waals surface area contributed by atoms with Crippen LogP contribution < -0.4 is 5.32 Å². The average Bonchev–Trinajstić information content (AvgIpc) is 2.98. The van der Waals surface area contributed by atoms with Crippen LogP contribution in [0.15, 0.2) is 34.4 Å². The van der Waals surface area contributed by atoms with Crippen LogP contribution in [0.5, 0.6) is 0 Å². The predicted octanol–water partition coefficient (Wildman–Crippen LogP) is 2.95. The third-order valence-electron chi connectivity index (χ3n) is 4.10. The zero-order valence-electron chi connectivity index (χ0n) is 13.7. The largest absolute Gasteiger partial charge is 0.466 e. The summed E-state index contributed by atoms with van der Waals surface area (Å²) < 4.78 is 15.2. The van der Waals surface area contributed by atoms with Gasteiger partial charge in [-0.25, -0.2) is 9.59 Å². The van der Waals surface area contributed by atoms with Gasteiger partial charge in [-0.2, -0.15) is 0 Å². The van der Waals surface area contributed by atoms with Gasteiger partial charge in [0.25, 0.3) is 0 Å². The fourth-order valence-electron chi connectivity index (χ4n) is 2.93. The molecule has 1 heterocycles. The topological polar surface area (TPSA) is 77.8 Å². The normalized spacial score (nSPS) is 14.2. The summed E-state index contributed by atoms with van der Waals surface area (Å²) >= 11 is 0. The molecular weight excluding hydrogens is 310 g/mol. The maximum Gasteiger partial charge on any atom is 0.354 e. The Hall–Kier alpha value is -2.76. The maximum absolute atomic E-state index is 11.8. The fourth-order valence-corrected chi connectivity index (χ4v) is 2.93. The van der Waals surface area contributed by atoms with Crippen molar-refractivity contribution in [3.63, 3.8) is 0 Å². The second kappa shape index (κ2) is 6.78. The van der Waals surface area contributed by atoms with E-state index in [1.807, 2.05) is 12.1 Å². The van der Waals surface area contributed by atoms with E-state index >= 15 is 0 Å². The molecule has 0 radical (unpaired) electrons. The van der Waals surface area contributed by atoms with Crippen LogP contribution in [0.4, 0.5) is 5.69 Å². The van der Waals surface area contributed by atoms with Crippen molar-refractivity contribution in [2.24, 2.45) is 0 Å². The lowest BCUT2D eigenvalue weighted by molar-refractivity contribution is -0.138. The predicted molar refractivity (Wildman–Crippen MR) is 88.6 cm³/mol. The van der Waals surface area contributed by atoms with Gasteiger partial charge < -0.3 is 19.2 Å². The lowest BCUT2D eigenvalue weighted by atomic mass is 9.96. The van der Waals surface area contributed by atoms with E-state index < -0.39 is 11.9 Å². The van der Waals surface area contributed by atoms with E-state index in [4.69, 9.17) is 9.15 Å². The van der Waals surface area contributed by atoms with Crippen LogP contribution in [-0.4, -0.2) is 26.2 Å². The van der Waals surface area contributed by atoms with E-state index in [1.54, 1.807) is 6.07 Å². The third-order valence-corrected chi connectivity index (χ3v) is 4.10. The number of rotatable bonds is 4. The Morgan fingerprint density at radius 1 is 1.17 bits per heavy atom. The van der Waals surface area contributed by atoms with Crippen molar-refractivity contribution >= 4 is 28.6 Å². The first kappa shape index (κ1) is 16.1. The monoisotopic (exact) mass is 329 g/mol. The lowest BCUT2D eigenvalue weighted by Gasteiger charge is -2.10. The summed E-state index contributed by atoms with van der Waals surface area (Å²) in [5.41, 5.74) is 2.76. The molecule has 0 aliphatic heterocycles. The van der Waals surface area contributed by atoms with Crippen molar-refractivity contribution in [2.45, 2.75) is 25.7 Å². The third kappa shape index (κ3) is 3.13. The molecule has 126 valence electrons. The number of esters is 2. The van der Waals surface area contributed by atoms with Crippen molar-refractivity contribution in [1.82, 2.24) is 0 Å². The van der Waals surface area contributed by atoms with Crippen LogP contribution in [0, 0.1) is 0 Å². The minimum absolute atomic E-state index is 0.0149. The molecule has 0 saturated carbocycles. The van der Waals surface area contributed by atoms with Gasteiger partial charge in [0, 0.05) is 23.1 Å². The molecule has 6 heteroatoms. The number of benzene rings is 1. The molecule has 0 amide bonds. The zero-order chi connectivity index (χ0) is 17.1. The molecule has 0 saturated heterocycles. The SMILES string of the molecule is COC(=O)/C=C(/Nc1ccc2oc3c(c2c1)CCCC3)C(=O)OC. The maximum atomic E-state index is 11.8. The smallest absolute Gasteiger partial charge is 0.354 e. The number of aryl methyl sites for hydroxylation is 2. The van der Waals surface area contributed by atoms with E-state index in [0.717, 1.165) is 48.5 Å². The number of hydrogen-bond acceptors (Lipinski definition) is 6. The first-order valence-electron chi connectivity index (χ1n) is 7.81. The molecule has 0 atom stereocenters. The quantitative estimate of drug-likeness (QED) is 0.686. The number of methoxy groups -OCH3 is 2. The Morgan fingerprint density at radius 2 is 1.96 bits per heavy atom. The van der Waals surface area contributed by atoms with Gasteiger partial charge in [-0.05, 0) is 37.5 Å². The molecule has 1 aromatic heterocycles. The number of fused-ring (bicyclic) bond motifs is 3. The minimum Gasteiger partial charge on any atom is -0.466 e. The Balaban J connectivity index is 1.94. The van der Waals surface area contributed by atoms with Gasteiger partial charge in [-0.3, -0.25) is 0 Å². The van der Waals surface area contributed by atoms with Crippen LogP contribution in [0.3, 0.4) is 0 Å². The van der Waals surface area contributed by atoms with Crippen LogP contribution in [0.25, 0.3) is 11.0 Å². The van der Waals surface area contributed by atoms with Crippen molar-refractivity contribution in [2.75, 3.05) is 19.5 Å². The molecule has 0 fully saturated rings. The molecule has 3 rings (SSSR count). The summed E-state index contributed by atoms with van der Waals surface area (Å²) in [6.07, 6.45) is 5.32. The minimum atomic E-state index is -0.644. The number of furan rings is 1. The van der Waals surface area contributed by atoms with Gasteiger partial charge >= 0.3 is 11.9 Å². The molecule has 1 aliphatic rings. The second-order valence-corrected chi connectivity index (χ2v) is 5.62. The van der Waals surface area contributed by atoms with Gasteiger partial charge in [-0.15, -0.1) is 0 Å². The van der Waals surface area contributed by atoms with Crippen molar-refractivity contribution in [3.8, 4) is 0 Å². The highest BCUT2D eigenvalue weighted by Gasteiger charge is 2.19. The van der Waals surface area contributed by atoms with Crippen LogP contribution in [0.2, 0.25) is 0 Å². The highest BCUT2D eigenvalue weighted by Crippen LogP contribution is 2.33. The lowest BCUT2D eigenvalue weighted by Crippen LogP contribution is -2.15. The molecular formula is C18H19NO5. The van der Waals surface area contributed by atoms with Gasteiger partial charge in [0.1, 0.15) is 17.0 Å². The van der Waals surface area contributed by atoms with Gasteiger partial charge in [-0.1, -0.05) is 0 Å². The average molecular weight is 329 g/mol. The molecule has 0 unspecified atom stereocenters. The van der Waals surface area contributed by atoms with E-state index in [-0.39, 0.29) is 5.70 Å². The number of carbonyl (C=O) groups excluding carboxylic acids is 2. The van der Waals surface area contributed by atoms with Gasteiger partial charge in [0.05, 0.1) is 20.3 Å². The Kier molecular flexibility index (Phi) is 4.55. The van der Waals surface area contributed by atoms with E-state index in [2.05, 4.69) is 10.1 Å². The number of hydrogen-bond donors (Lipinski definition) is 1. The van der Waals surface area contributed by atoms with Crippen molar-refractivity contribution < 1.29 is 23.5 Å². The zero-order valence-corrected chi connectivity index (χ0v) is 13.7. The molecule has 0 bridgehead atoms. The molecule has 1 N–H and O–H groups in total. The highest BCUT2D eigenvalue weighted by atomic mass is 16.5. The van der Waals surface area contributed by atoms with Crippen LogP contribution in [0.1, 0.15) is 24.2 Å². The first-order valence-corrected chi connectivity index (χ1v) is 7.81. The molecule has 24 heavy (non-hydrogen) atoms. The van der Waals surface area contributed by atoms with E-state index in [1.165, 1.54) is 19.8 Å². The first-order chi connectivity index (χ1) is 11.6. The molecule has 2 aromatic rings. The molecule has 1 aromatic carbocycles. The van der Waals surface area contributed by atoms with Crippen LogP contribution in [-0.2, 0) is 31.9 Å². The molecule has 6 nitrogen and oxygen atoms in total. The molecule has 0 spiro atoms. The number of carbonyl (C=O) groups is 2.